The van der Waals surface area contributed by atoms with E-state index in [2.05, 4.69) is 0 Å². The minimum atomic E-state index is -0.628. The molecule has 1 aliphatic carbocycles. The highest BCUT2D eigenvalue weighted by Crippen LogP contribution is 2.38. The Hall–Kier alpha value is -2.56. The molecule has 2 aromatic rings. The first kappa shape index (κ1) is 16.3. The molecule has 1 aromatic heterocycles. The molecule has 0 unspecified atom stereocenters. The maximum Gasteiger partial charge on any atom is 0.380 e. The average molecular weight is 328 g/mol. The van der Waals surface area contributed by atoms with Crippen molar-refractivity contribution in [1.82, 2.24) is 0 Å². The first-order valence-corrected chi connectivity index (χ1v) is 7.83. The summed E-state index contributed by atoms with van der Waals surface area (Å²) in [6.45, 7) is 5.74. The molecule has 5 nitrogen and oxygen atoms in total. The summed E-state index contributed by atoms with van der Waals surface area (Å²) in [5, 5.41) is 0. The topological polar surface area (TPSA) is 65.7 Å². The van der Waals surface area contributed by atoms with Crippen molar-refractivity contribution >= 4 is 11.8 Å². The standard InChI is InChI=1S/C19H20O5/c1-11-16-12(20)9-19(2,3)10-15(16)23-17(11)18(21)24-14-8-6-5-7-13(14)22-4/h5-8H,9-10H2,1-4H3. The van der Waals surface area contributed by atoms with Gasteiger partial charge in [-0.25, -0.2) is 4.79 Å². The fraction of sp³-hybridized carbons (Fsp3) is 0.368. The second-order valence-corrected chi connectivity index (χ2v) is 6.84. The van der Waals surface area contributed by atoms with Crippen LogP contribution in [0.25, 0.3) is 0 Å². The fourth-order valence-electron chi connectivity index (χ4n) is 3.13. The predicted molar refractivity (Wildman–Crippen MR) is 87.8 cm³/mol. The molecule has 0 N–H and O–H groups in total. The van der Waals surface area contributed by atoms with E-state index in [0.717, 1.165) is 0 Å². The van der Waals surface area contributed by atoms with Crippen molar-refractivity contribution in [3.63, 3.8) is 0 Å². The molecule has 126 valence electrons. The Labute approximate surface area is 140 Å². The van der Waals surface area contributed by atoms with Gasteiger partial charge in [0.25, 0.3) is 0 Å². The van der Waals surface area contributed by atoms with Crippen LogP contribution in [0.15, 0.2) is 28.7 Å². The zero-order valence-corrected chi connectivity index (χ0v) is 14.3. The van der Waals surface area contributed by atoms with Gasteiger partial charge >= 0.3 is 5.97 Å². The average Bonchev–Trinajstić information content (AvgIpc) is 2.83. The Balaban J connectivity index is 1.94. The molecule has 0 saturated carbocycles. The van der Waals surface area contributed by atoms with E-state index in [1.54, 1.807) is 31.2 Å². The number of hydrogen-bond acceptors (Lipinski definition) is 5. The summed E-state index contributed by atoms with van der Waals surface area (Å²) in [6.07, 6.45) is 1.07. The number of Topliss-reactive ketones (excluding diaryl/α,β-unsaturated/α-hetero) is 1. The SMILES string of the molecule is COc1ccccc1OC(=O)c1oc2c(c1C)C(=O)CC(C)(C)C2. The van der Waals surface area contributed by atoms with Crippen molar-refractivity contribution in [2.24, 2.45) is 5.41 Å². The van der Waals surface area contributed by atoms with Crippen LogP contribution in [0.4, 0.5) is 0 Å². The zero-order chi connectivity index (χ0) is 17.5. The van der Waals surface area contributed by atoms with E-state index in [-0.39, 0.29) is 17.0 Å². The van der Waals surface area contributed by atoms with E-state index in [0.29, 0.717) is 41.2 Å². The Kier molecular flexibility index (Phi) is 3.95. The number of benzene rings is 1. The number of hydrogen-bond donors (Lipinski definition) is 0. The third-order valence-electron chi connectivity index (χ3n) is 4.23. The number of ether oxygens (including phenoxy) is 2. The fourth-order valence-corrected chi connectivity index (χ4v) is 3.13. The first-order chi connectivity index (χ1) is 11.3. The molecular formula is C19H20O5. The molecule has 0 fully saturated rings. The molecule has 0 saturated heterocycles. The summed E-state index contributed by atoms with van der Waals surface area (Å²) in [5.74, 6) is 0.802. The van der Waals surface area contributed by atoms with Crippen LogP contribution in [-0.2, 0) is 6.42 Å². The zero-order valence-electron chi connectivity index (χ0n) is 14.3. The van der Waals surface area contributed by atoms with Gasteiger partial charge in [-0.2, -0.15) is 0 Å². The van der Waals surface area contributed by atoms with Crippen LogP contribution in [0.2, 0.25) is 0 Å². The van der Waals surface area contributed by atoms with E-state index in [9.17, 15) is 9.59 Å². The summed E-state index contributed by atoms with van der Waals surface area (Å²) in [6, 6.07) is 6.88. The Morgan fingerprint density at radius 2 is 1.83 bits per heavy atom. The van der Waals surface area contributed by atoms with Crippen LogP contribution in [0, 0.1) is 12.3 Å². The third-order valence-corrected chi connectivity index (χ3v) is 4.23. The monoisotopic (exact) mass is 328 g/mol. The largest absolute Gasteiger partial charge is 0.493 e. The molecule has 1 aromatic carbocycles. The molecule has 1 aliphatic rings. The number of ketones is 1. The van der Waals surface area contributed by atoms with Gasteiger partial charge < -0.3 is 13.9 Å². The number of carbonyl (C=O) groups is 2. The number of para-hydroxylation sites is 2. The number of methoxy groups -OCH3 is 1. The van der Waals surface area contributed by atoms with Gasteiger partial charge in [0.1, 0.15) is 5.76 Å². The Bertz CT molecular complexity index is 813. The molecule has 0 spiro atoms. The van der Waals surface area contributed by atoms with Gasteiger partial charge in [0.2, 0.25) is 5.76 Å². The lowest BCUT2D eigenvalue weighted by atomic mass is 9.76. The van der Waals surface area contributed by atoms with Gasteiger partial charge in [0.05, 0.1) is 12.7 Å². The maximum atomic E-state index is 12.5. The molecule has 0 bridgehead atoms. The van der Waals surface area contributed by atoms with Gasteiger partial charge in [-0.1, -0.05) is 26.0 Å². The highest BCUT2D eigenvalue weighted by Gasteiger charge is 2.37. The van der Waals surface area contributed by atoms with Crippen LogP contribution in [-0.4, -0.2) is 18.9 Å². The van der Waals surface area contributed by atoms with Crippen LogP contribution in [0.1, 0.15) is 52.5 Å². The van der Waals surface area contributed by atoms with Crippen molar-refractivity contribution in [1.29, 1.82) is 0 Å². The summed E-state index contributed by atoms with van der Waals surface area (Å²) >= 11 is 0. The number of esters is 1. The smallest absolute Gasteiger partial charge is 0.380 e. The number of furan rings is 1. The first-order valence-electron chi connectivity index (χ1n) is 7.83. The van der Waals surface area contributed by atoms with E-state index in [1.807, 2.05) is 13.8 Å². The highest BCUT2D eigenvalue weighted by molar-refractivity contribution is 6.03. The van der Waals surface area contributed by atoms with Crippen LogP contribution in [0.3, 0.4) is 0 Å². The molecular weight excluding hydrogens is 308 g/mol. The van der Waals surface area contributed by atoms with Crippen molar-refractivity contribution < 1.29 is 23.5 Å². The van der Waals surface area contributed by atoms with Crippen molar-refractivity contribution in [3.05, 3.63) is 46.9 Å². The predicted octanol–water partition coefficient (Wildman–Crippen LogP) is 3.97. The summed E-state index contributed by atoms with van der Waals surface area (Å²) < 4.78 is 16.3. The molecule has 3 rings (SSSR count). The molecule has 24 heavy (non-hydrogen) atoms. The summed E-state index contributed by atoms with van der Waals surface area (Å²) in [7, 11) is 1.50. The maximum absolute atomic E-state index is 12.5. The van der Waals surface area contributed by atoms with Gasteiger partial charge in [0, 0.05) is 18.4 Å². The normalized spacial score (nSPS) is 15.8. The molecule has 0 amide bonds. The van der Waals surface area contributed by atoms with E-state index < -0.39 is 5.97 Å². The second kappa shape index (κ2) is 5.82. The van der Waals surface area contributed by atoms with Gasteiger partial charge in [0.15, 0.2) is 17.3 Å². The second-order valence-electron chi connectivity index (χ2n) is 6.84. The van der Waals surface area contributed by atoms with Gasteiger partial charge in [-0.05, 0) is 24.5 Å². The quantitative estimate of drug-likeness (QED) is 0.630. The third kappa shape index (κ3) is 2.82. The molecule has 0 aliphatic heterocycles. The Morgan fingerprint density at radius 1 is 1.17 bits per heavy atom. The minimum Gasteiger partial charge on any atom is -0.493 e. The van der Waals surface area contributed by atoms with Crippen molar-refractivity contribution in [2.75, 3.05) is 7.11 Å². The number of rotatable bonds is 3. The van der Waals surface area contributed by atoms with Gasteiger partial charge in [-0.15, -0.1) is 0 Å². The molecule has 0 atom stereocenters. The van der Waals surface area contributed by atoms with Crippen LogP contribution in [0.5, 0.6) is 11.5 Å². The van der Waals surface area contributed by atoms with E-state index in [1.165, 1.54) is 7.11 Å². The number of carbonyl (C=O) groups excluding carboxylic acids is 2. The lowest BCUT2D eigenvalue weighted by molar-refractivity contribution is 0.0690. The van der Waals surface area contributed by atoms with Crippen LogP contribution >= 0.6 is 0 Å². The van der Waals surface area contributed by atoms with E-state index >= 15 is 0 Å². The van der Waals surface area contributed by atoms with Crippen molar-refractivity contribution in [3.8, 4) is 11.5 Å². The lowest BCUT2D eigenvalue weighted by Crippen LogP contribution is -2.26. The van der Waals surface area contributed by atoms with Crippen LogP contribution < -0.4 is 9.47 Å². The molecule has 1 heterocycles. The molecule has 0 radical (unpaired) electrons. The Morgan fingerprint density at radius 3 is 2.50 bits per heavy atom. The van der Waals surface area contributed by atoms with Crippen molar-refractivity contribution in [2.45, 2.75) is 33.6 Å². The van der Waals surface area contributed by atoms with Gasteiger partial charge in [-0.3, -0.25) is 4.79 Å². The minimum absolute atomic E-state index is 0.0128. The molecule has 5 heteroatoms. The summed E-state index contributed by atoms with van der Waals surface area (Å²) in [5.41, 5.74) is 0.907. The highest BCUT2D eigenvalue weighted by atomic mass is 16.6. The van der Waals surface area contributed by atoms with E-state index in [4.69, 9.17) is 13.9 Å². The number of fused-ring (bicyclic) bond motifs is 1. The summed E-state index contributed by atoms with van der Waals surface area (Å²) in [4.78, 5) is 24.9. The lowest BCUT2D eigenvalue weighted by Gasteiger charge is -2.27.